The van der Waals surface area contributed by atoms with Crippen LogP contribution in [0.25, 0.3) is 108 Å². The molecule has 238 valence electrons. The zero-order valence-corrected chi connectivity index (χ0v) is 28.6. The van der Waals surface area contributed by atoms with Crippen molar-refractivity contribution in [3.63, 3.8) is 0 Å². The van der Waals surface area contributed by atoms with Crippen molar-refractivity contribution >= 4 is 85.0 Å². The van der Waals surface area contributed by atoms with E-state index in [1.165, 1.54) is 45.9 Å². The molecule has 51 heavy (non-hydrogen) atoms. The summed E-state index contributed by atoms with van der Waals surface area (Å²) in [4.78, 5) is 15.2. The first-order valence-electron chi connectivity index (χ1n) is 16.8. The van der Waals surface area contributed by atoms with Crippen LogP contribution in [0, 0.1) is 0 Å². The lowest BCUT2D eigenvalue weighted by Crippen LogP contribution is -2.00. The van der Waals surface area contributed by atoms with Crippen molar-refractivity contribution in [2.75, 3.05) is 0 Å². The van der Waals surface area contributed by atoms with Gasteiger partial charge >= 0.3 is 0 Å². The van der Waals surface area contributed by atoms with E-state index in [1.807, 2.05) is 47.7 Å². The van der Waals surface area contributed by atoms with Gasteiger partial charge < -0.3 is 4.42 Å². The number of furan rings is 1. The quantitative estimate of drug-likeness (QED) is 0.185. The molecule has 0 unspecified atom stereocenters. The number of thiophene rings is 2. The van der Waals surface area contributed by atoms with E-state index >= 15 is 0 Å². The predicted octanol–water partition coefficient (Wildman–Crippen LogP) is 13.2. The zero-order valence-electron chi connectivity index (χ0n) is 27.0. The summed E-state index contributed by atoms with van der Waals surface area (Å²) in [7, 11) is 0. The molecule has 4 nitrogen and oxygen atoms in total. The first-order valence-corrected chi connectivity index (χ1v) is 18.5. The van der Waals surface area contributed by atoms with Crippen LogP contribution < -0.4 is 0 Å². The van der Waals surface area contributed by atoms with Crippen LogP contribution in [0.1, 0.15) is 0 Å². The first kappa shape index (κ1) is 28.6. The van der Waals surface area contributed by atoms with Crippen LogP contribution in [-0.2, 0) is 0 Å². The summed E-state index contributed by atoms with van der Waals surface area (Å²) in [5.74, 6) is 1.83. The second-order valence-corrected chi connectivity index (χ2v) is 14.9. The van der Waals surface area contributed by atoms with Crippen LogP contribution in [0.4, 0.5) is 0 Å². The molecule has 0 saturated carbocycles. The van der Waals surface area contributed by atoms with E-state index in [-0.39, 0.29) is 0 Å². The van der Waals surface area contributed by atoms with Gasteiger partial charge in [-0.3, -0.25) is 0 Å². The molecule has 11 rings (SSSR count). The lowest BCUT2D eigenvalue weighted by Gasteiger charge is -2.09. The Hall–Kier alpha value is -6.21. The van der Waals surface area contributed by atoms with Crippen molar-refractivity contribution in [2.45, 2.75) is 0 Å². The van der Waals surface area contributed by atoms with Gasteiger partial charge in [0.05, 0.1) is 5.56 Å². The van der Waals surface area contributed by atoms with Gasteiger partial charge in [-0.2, -0.15) is 0 Å². The maximum Gasteiger partial charge on any atom is 0.167 e. The van der Waals surface area contributed by atoms with Crippen LogP contribution in [0.15, 0.2) is 156 Å². The highest BCUT2D eigenvalue weighted by molar-refractivity contribution is 7.26. The Morgan fingerprint density at radius 1 is 0.373 bits per heavy atom. The molecule has 7 aromatic carbocycles. The van der Waals surface area contributed by atoms with E-state index in [0.717, 1.165) is 44.2 Å². The molecule has 11 aromatic rings. The number of hydrogen-bond acceptors (Lipinski definition) is 6. The second-order valence-electron chi connectivity index (χ2n) is 12.8. The summed E-state index contributed by atoms with van der Waals surface area (Å²) in [5, 5.41) is 7.18. The highest BCUT2D eigenvalue weighted by Gasteiger charge is 2.19. The van der Waals surface area contributed by atoms with Gasteiger partial charge in [-0.25, -0.2) is 15.0 Å². The third-order valence-corrected chi connectivity index (χ3v) is 12.1. The molecule has 0 aliphatic heterocycles. The molecule has 0 N–H and O–H groups in total. The number of rotatable bonds is 4. The molecule has 0 spiro atoms. The van der Waals surface area contributed by atoms with E-state index in [4.69, 9.17) is 19.4 Å². The molecule has 6 heteroatoms. The Bertz CT molecular complexity index is 3160. The Labute approximate surface area is 299 Å². The third kappa shape index (κ3) is 4.54. The molecule has 0 radical (unpaired) electrons. The molecule has 4 aromatic heterocycles. The number of benzene rings is 7. The van der Waals surface area contributed by atoms with Crippen LogP contribution in [0.3, 0.4) is 0 Å². The third-order valence-electron chi connectivity index (χ3n) is 9.76. The summed E-state index contributed by atoms with van der Waals surface area (Å²) < 4.78 is 11.8. The molecule has 0 aliphatic rings. The van der Waals surface area contributed by atoms with Gasteiger partial charge in [0, 0.05) is 62.2 Å². The molecule has 0 fully saturated rings. The van der Waals surface area contributed by atoms with Crippen molar-refractivity contribution < 1.29 is 4.42 Å². The topological polar surface area (TPSA) is 51.8 Å². The van der Waals surface area contributed by atoms with Crippen LogP contribution in [0.2, 0.25) is 0 Å². The van der Waals surface area contributed by atoms with E-state index in [0.29, 0.717) is 17.5 Å². The molecule has 0 saturated heterocycles. The Morgan fingerprint density at radius 3 is 1.82 bits per heavy atom. The van der Waals surface area contributed by atoms with Gasteiger partial charge in [0.15, 0.2) is 17.5 Å². The van der Waals surface area contributed by atoms with Gasteiger partial charge in [-0.1, -0.05) is 115 Å². The van der Waals surface area contributed by atoms with Crippen LogP contribution >= 0.6 is 22.7 Å². The molecule has 0 aliphatic carbocycles. The highest BCUT2D eigenvalue weighted by atomic mass is 32.1. The maximum atomic E-state index is 6.76. The first-order chi connectivity index (χ1) is 25.2. The molecular formula is C45H25N3OS2. The van der Waals surface area contributed by atoms with E-state index in [2.05, 4.69) is 115 Å². The molecule has 0 atom stereocenters. The standard InChI is InChI=1S/C45H25N3OS2/c1-2-10-26(11-3-1)43-46-44(28-21-23-33-31-12-4-6-18-38(31)50-40(33)25-28)48-45(47-43)36-17-9-15-34-30-22-20-27(24-37(30)49-41(34)36)29-14-8-16-35-32-13-5-7-19-39(32)51-42(29)35/h1-25H. The minimum absolute atomic E-state index is 0.579. The number of aromatic nitrogens is 3. The van der Waals surface area contributed by atoms with Gasteiger partial charge in [-0.15, -0.1) is 22.7 Å². The Morgan fingerprint density at radius 2 is 0.980 bits per heavy atom. The summed E-state index contributed by atoms with van der Waals surface area (Å²) in [6, 6.07) is 53.2. The second kappa shape index (κ2) is 11.2. The molecule has 0 amide bonds. The van der Waals surface area contributed by atoms with E-state index < -0.39 is 0 Å². The summed E-state index contributed by atoms with van der Waals surface area (Å²) in [6.07, 6.45) is 0. The van der Waals surface area contributed by atoms with Crippen molar-refractivity contribution in [2.24, 2.45) is 0 Å². The highest BCUT2D eigenvalue weighted by Crippen LogP contribution is 2.42. The lowest BCUT2D eigenvalue weighted by molar-refractivity contribution is 0.669. The number of nitrogens with zero attached hydrogens (tertiary/aromatic N) is 3. The monoisotopic (exact) mass is 687 g/mol. The van der Waals surface area contributed by atoms with Crippen molar-refractivity contribution in [1.82, 2.24) is 15.0 Å². The fourth-order valence-corrected chi connectivity index (χ4v) is 9.71. The minimum atomic E-state index is 0.579. The fraction of sp³-hybridized carbons (Fsp3) is 0. The Kier molecular flexibility index (Phi) is 6.26. The normalized spacial score (nSPS) is 11.9. The number of para-hydroxylation sites is 1. The van der Waals surface area contributed by atoms with Crippen molar-refractivity contribution in [3.8, 4) is 45.3 Å². The van der Waals surface area contributed by atoms with Crippen LogP contribution in [0.5, 0.6) is 0 Å². The van der Waals surface area contributed by atoms with Gasteiger partial charge in [0.1, 0.15) is 11.2 Å². The average molecular weight is 688 g/mol. The summed E-state index contributed by atoms with van der Waals surface area (Å²) in [5.41, 5.74) is 6.66. The van der Waals surface area contributed by atoms with Gasteiger partial charge in [0.25, 0.3) is 0 Å². The minimum Gasteiger partial charge on any atom is -0.455 e. The van der Waals surface area contributed by atoms with Crippen molar-refractivity contribution in [3.05, 3.63) is 152 Å². The summed E-state index contributed by atoms with van der Waals surface area (Å²) >= 11 is 3.63. The lowest BCUT2D eigenvalue weighted by atomic mass is 10.0. The Balaban J connectivity index is 1.09. The number of hydrogen-bond donors (Lipinski definition) is 0. The zero-order chi connectivity index (χ0) is 33.5. The van der Waals surface area contributed by atoms with Gasteiger partial charge in [-0.05, 0) is 47.5 Å². The average Bonchev–Trinajstić information content (AvgIpc) is 3.88. The molecule has 4 heterocycles. The van der Waals surface area contributed by atoms with E-state index in [1.54, 1.807) is 11.3 Å². The van der Waals surface area contributed by atoms with Crippen LogP contribution in [-0.4, -0.2) is 15.0 Å². The largest absolute Gasteiger partial charge is 0.455 e. The van der Waals surface area contributed by atoms with Crippen molar-refractivity contribution in [1.29, 1.82) is 0 Å². The predicted molar refractivity (Wildman–Crippen MR) is 215 cm³/mol. The number of fused-ring (bicyclic) bond motifs is 9. The SMILES string of the molecule is c1ccc(-c2nc(-c3ccc4c(c3)sc3ccccc34)nc(-c3cccc4c3oc3cc(-c5cccc6c5sc5ccccc56)ccc34)n2)cc1. The molecule has 0 bridgehead atoms. The fourth-order valence-electron chi connectivity index (χ4n) is 7.32. The maximum absolute atomic E-state index is 6.76. The van der Waals surface area contributed by atoms with E-state index in [9.17, 15) is 0 Å². The smallest absolute Gasteiger partial charge is 0.167 e. The summed E-state index contributed by atoms with van der Waals surface area (Å²) in [6.45, 7) is 0. The molecular weight excluding hydrogens is 663 g/mol. The van der Waals surface area contributed by atoms with Gasteiger partial charge in [0.2, 0.25) is 0 Å².